The van der Waals surface area contributed by atoms with Gasteiger partial charge in [0.25, 0.3) is 0 Å². The SMILES string of the molecule is C=C1[C@H]2C[C@@](OC)(C[C@H]1O[Si](C)(C)C(C)(C)C)C(=O)c1c2ccn1COCC[Si](C)(C)C. The summed E-state index contributed by atoms with van der Waals surface area (Å²) in [4.78, 5) is 13.8. The number of ketones is 1. The van der Waals surface area contributed by atoms with E-state index in [0.29, 0.717) is 19.6 Å². The van der Waals surface area contributed by atoms with Crippen molar-refractivity contribution in [2.75, 3.05) is 13.7 Å². The third-order valence-corrected chi connectivity index (χ3v) is 14.0. The second kappa shape index (κ2) is 8.65. The Bertz CT molecular complexity index is 877. The van der Waals surface area contributed by atoms with Crippen LogP contribution in [0.4, 0.5) is 0 Å². The lowest BCUT2D eigenvalue weighted by atomic mass is 9.64. The Hall–Kier alpha value is -0.996. The first kappa shape index (κ1) is 25.6. The van der Waals surface area contributed by atoms with E-state index in [0.717, 1.165) is 29.5 Å². The van der Waals surface area contributed by atoms with Gasteiger partial charge in [0.05, 0.1) is 11.8 Å². The maximum absolute atomic E-state index is 13.8. The van der Waals surface area contributed by atoms with Gasteiger partial charge in [0.2, 0.25) is 5.78 Å². The molecule has 0 N–H and O–H groups in total. The quantitative estimate of drug-likeness (QED) is 0.254. The van der Waals surface area contributed by atoms with Crippen molar-refractivity contribution in [3.05, 3.63) is 35.7 Å². The van der Waals surface area contributed by atoms with Gasteiger partial charge < -0.3 is 18.5 Å². The van der Waals surface area contributed by atoms with E-state index in [1.54, 1.807) is 7.11 Å². The second-order valence-corrected chi connectivity index (χ2v) is 22.7. The van der Waals surface area contributed by atoms with Gasteiger partial charge in [-0.1, -0.05) is 47.0 Å². The van der Waals surface area contributed by atoms with Crippen LogP contribution in [0.3, 0.4) is 0 Å². The van der Waals surface area contributed by atoms with Crippen molar-refractivity contribution in [3.8, 4) is 0 Å². The fraction of sp³-hybridized carbons (Fsp3) is 0.720. The molecule has 0 aromatic carbocycles. The lowest BCUT2D eigenvalue weighted by molar-refractivity contribution is -0.0448. The number of nitrogens with zero attached hydrogens (tertiary/aromatic N) is 1. The molecule has 2 aliphatic carbocycles. The van der Waals surface area contributed by atoms with Crippen LogP contribution in [0.1, 0.15) is 55.6 Å². The van der Waals surface area contributed by atoms with Gasteiger partial charge >= 0.3 is 0 Å². The Labute approximate surface area is 196 Å². The van der Waals surface area contributed by atoms with Crippen LogP contribution in [0.5, 0.6) is 0 Å². The van der Waals surface area contributed by atoms with Gasteiger partial charge in [-0.05, 0) is 47.8 Å². The summed E-state index contributed by atoms with van der Waals surface area (Å²) < 4.78 is 20.7. The number of carbonyl (C=O) groups is 1. The number of aromatic nitrogens is 1. The molecule has 0 radical (unpaired) electrons. The van der Waals surface area contributed by atoms with E-state index in [9.17, 15) is 4.79 Å². The van der Waals surface area contributed by atoms with Crippen molar-refractivity contribution in [1.29, 1.82) is 0 Å². The molecule has 0 unspecified atom stereocenters. The van der Waals surface area contributed by atoms with E-state index in [1.807, 2.05) is 10.8 Å². The Kier molecular flexibility index (Phi) is 6.93. The molecular formula is C25H43NO4Si2. The first-order valence-electron chi connectivity index (χ1n) is 11.9. The highest BCUT2D eigenvalue weighted by Crippen LogP contribution is 2.52. The van der Waals surface area contributed by atoms with Gasteiger partial charge in [0.15, 0.2) is 8.32 Å². The maximum atomic E-state index is 13.8. The first-order chi connectivity index (χ1) is 14.6. The zero-order valence-electron chi connectivity index (χ0n) is 21.6. The fourth-order valence-electron chi connectivity index (χ4n) is 4.50. The van der Waals surface area contributed by atoms with Crippen LogP contribution in [0.25, 0.3) is 0 Å². The molecule has 0 amide bonds. The topological polar surface area (TPSA) is 49.7 Å². The highest BCUT2D eigenvalue weighted by Gasteiger charge is 2.56. The van der Waals surface area contributed by atoms with Crippen molar-refractivity contribution >= 4 is 22.2 Å². The van der Waals surface area contributed by atoms with Crippen LogP contribution in [-0.2, 0) is 20.6 Å². The van der Waals surface area contributed by atoms with Crippen molar-refractivity contribution in [2.24, 2.45) is 0 Å². The number of fused-ring (bicyclic) bond motifs is 4. The predicted octanol–water partition coefficient (Wildman–Crippen LogP) is 6.21. The number of hydrogen-bond donors (Lipinski definition) is 0. The summed E-state index contributed by atoms with van der Waals surface area (Å²) in [6, 6.07) is 3.18. The minimum atomic E-state index is -2.02. The molecule has 0 aliphatic heterocycles. The third kappa shape index (κ3) is 4.78. The van der Waals surface area contributed by atoms with E-state index >= 15 is 0 Å². The molecule has 1 fully saturated rings. The van der Waals surface area contributed by atoms with Crippen LogP contribution in [0.2, 0.25) is 43.8 Å². The van der Waals surface area contributed by atoms with Crippen molar-refractivity contribution in [3.63, 3.8) is 0 Å². The van der Waals surface area contributed by atoms with Gasteiger partial charge in [0.1, 0.15) is 12.3 Å². The molecule has 0 saturated heterocycles. The first-order valence-corrected chi connectivity index (χ1v) is 18.5. The lowest BCUT2D eigenvalue weighted by Crippen LogP contribution is -2.56. The standard InChI is InChI=1S/C25H43NO4Si2/c1-18-20-15-25(28-5,16-21(18)30-32(9,10)24(2,3)4)23(27)22-19(20)11-12-26(22)17-29-13-14-31(6,7)8/h11-12,20-21H,1,13-17H2,2-10H3/t20-,21-,25-/m1/s1. The molecule has 5 nitrogen and oxygen atoms in total. The lowest BCUT2D eigenvalue weighted by Gasteiger charge is -2.50. The third-order valence-electron chi connectivity index (χ3n) is 7.77. The van der Waals surface area contributed by atoms with Crippen LogP contribution in [0.15, 0.2) is 24.4 Å². The largest absolute Gasteiger partial charge is 0.410 e. The second-order valence-electron chi connectivity index (χ2n) is 12.4. The number of Topliss-reactive ketones (excluding diaryl/α,β-unsaturated/α-hetero) is 1. The number of methoxy groups -OCH3 is 1. The number of carbonyl (C=O) groups excluding carboxylic acids is 1. The highest BCUT2D eigenvalue weighted by molar-refractivity contribution is 6.76. The zero-order valence-corrected chi connectivity index (χ0v) is 23.6. The molecule has 1 saturated carbocycles. The van der Waals surface area contributed by atoms with Gasteiger partial charge in [0, 0.05) is 40.3 Å². The molecule has 2 bridgehead atoms. The average molecular weight is 478 g/mol. The molecule has 0 spiro atoms. The summed E-state index contributed by atoms with van der Waals surface area (Å²) in [5, 5.41) is 0.0891. The Balaban J connectivity index is 1.87. The summed E-state index contributed by atoms with van der Waals surface area (Å²) in [5.74, 6) is 0.121. The molecule has 2 aliphatic rings. The van der Waals surface area contributed by atoms with Crippen molar-refractivity contribution in [1.82, 2.24) is 4.57 Å². The normalized spacial score (nSPS) is 26.4. The number of ether oxygens (including phenoxy) is 2. The molecule has 180 valence electrons. The molecule has 1 aromatic heterocycles. The summed E-state index contributed by atoms with van der Waals surface area (Å²) in [5.41, 5.74) is 1.99. The van der Waals surface area contributed by atoms with Gasteiger partial charge in [-0.3, -0.25) is 4.79 Å². The van der Waals surface area contributed by atoms with Crippen LogP contribution in [0, 0.1) is 0 Å². The molecular weight excluding hydrogens is 434 g/mol. The van der Waals surface area contributed by atoms with E-state index in [2.05, 4.69) is 66.2 Å². The summed E-state index contributed by atoms with van der Waals surface area (Å²) in [7, 11) is -1.51. The highest BCUT2D eigenvalue weighted by atomic mass is 28.4. The smallest absolute Gasteiger partial charge is 0.211 e. The van der Waals surface area contributed by atoms with Crippen LogP contribution < -0.4 is 0 Å². The van der Waals surface area contributed by atoms with Crippen LogP contribution in [-0.4, -0.2) is 52.2 Å². The molecule has 1 aromatic rings. The molecule has 7 heteroatoms. The maximum Gasteiger partial charge on any atom is 0.211 e. The van der Waals surface area contributed by atoms with Crippen molar-refractivity contribution in [2.45, 2.75) is 102 Å². The Morgan fingerprint density at radius 3 is 2.41 bits per heavy atom. The minimum absolute atomic E-state index is 0.0568. The molecule has 3 atom stereocenters. The minimum Gasteiger partial charge on any atom is -0.410 e. The Morgan fingerprint density at radius 1 is 1.19 bits per heavy atom. The zero-order chi connectivity index (χ0) is 24.1. The Morgan fingerprint density at radius 2 is 1.84 bits per heavy atom. The molecule has 1 heterocycles. The van der Waals surface area contributed by atoms with E-state index in [4.69, 9.17) is 13.9 Å². The number of rotatable bonds is 8. The summed E-state index contributed by atoms with van der Waals surface area (Å²) >= 11 is 0. The monoisotopic (exact) mass is 477 g/mol. The predicted molar refractivity (Wildman–Crippen MR) is 136 cm³/mol. The fourth-order valence-corrected chi connectivity index (χ4v) is 6.56. The van der Waals surface area contributed by atoms with E-state index in [-0.39, 0.29) is 22.8 Å². The van der Waals surface area contributed by atoms with Gasteiger partial charge in [-0.2, -0.15) is 0 Å². The van der Waals surface area contributed by atoms with Crippen molar-refractivity contribution < 1.29 is 18.7 Å². The molecule has 3 rings (SSSR count). The summed E-state index contributed by atoms with van der Waals surface area (Å²) in [6.07, 6.45) is 3.00. The molecule has 32 heavy (non-hydrogen) atoms. The van der Waals surface area contributed by atoms with Gasteiger partial charge in [-0.15, -0.1) is 0 Å². The van der Waals surface area contributed by atoms with Gasteiger partial charge in [-0.25, -0.2) is 0 Å². The average Bonchev–Trinajstić information content (AvgIpc) is 3.08. The van der Waals surface area contributed by atoms with Crippen LogP contribution >= 0.6 is 0 Å². The van der Waals surface area contributed by atoms with E-state index in [1.165, 1.54) is 0 Å². The van der Waals surface area contributed by atoms with E-state index < -0.39 is 22.0 Å². The number of hydrogen-bond acceptors (Lipinski definition) is 4. The summed E-state index contributed by atoms with van der Waals surface area (Å²) in [6.45, 7) is 23.9.